The van der Waals surface area contributed by atoms with Gasteiger partial charge in [0.25, 0.3) is 5.91 Å². The summed E-state index contributed by atoms with van der Waals surface area (Å²) in [6.07, 6.45) is 4.44. The Morgan fingerprint density at radius 1 is 1.35 bits per heavy atom. The van der Waals surface area contributed by atoms with Gasteiger partial charge >= 0.3 is 0 Å². The first-order valence-corrected chi connectivity index (χ1v) is 5.01. The maximum absolute atomic E-state index is 11.1. The summed E-state index contributed by atoms with van der Waals surface area (Å²) in [5.41, 5.74) is 6.32. The molecule has 0 aromatic carbocycles. The number of carbonyl (C=O) groups is 1. The van der Waals surface area contributed by atoms with Gasteiger partial charge in [0.05, 0.1) is 17.8 Å². The van der Waals surface area contributed by atoms with Crippen LogP contribution in [0.4, 0.5) is 5.82 Å². The SMILES string of the molecule is NC(=O)c1cncnc1NCc1ccccn1. The average molecular weight is 229 g/mol. The van der Waals surface area contributed by atoms with Crippen molar-refractivity contribution >= 4 is 11.7 Å². The van der Waals surface area contributed by atoms with Crippen LogP contribution in [0, 0.1) is 0 Å². The molecule has 0 bridgehead atoms. The van der Waals surface area contributed by atoms with Crippen molar-refractivity contribution in [1.82, 2.24) is 15.0 Å². The molecule has 0 fully saturated rings. The maximum Gasteiger partial charge on any atom is 0.254 e. The first-order chi connectivity index (χ1) is 8.27. The van der Waals surface area contributed by atoms with Crippen molar-refractivity contribution in [1.29, 1.82) is 0 Å². The summed E-state index contributed by atoms with van der Waals surface area (Å²) in [6, 6.07) is 5.60. The van der Waals surface area contributed by atoms with E-state index in [4.69, 9.17) is 5.73 Å². The van der Waals surface area contributed by atoms with E-state index in [0.717, 1.165) is 5.69 Å². The van der Waals surface area contributed by atoms with E-state index in [0.29, 0.717) is 12.4 Å². The quantitative estimate of drug-likeness (QED) is 0.799. The predicted octanol–water partition coefficient (Wildman–Crippen LogP) is 0.583. The summed E-state index contributed by atoms with van der Waals surface area (Å²) < 4.78 is 0. The highest BCUT2D eigenvalue weighted by molar-refractivity contribution is 5.97. The molecule has 0 unspecified atom stereocenters. The highest BCUT2D eigenvalue weighted by Gasteiger charge is 2.08. The van der Waals surface area contributed by atoms with Gasteiger partial charge in [0.1, 0.15) is 12.1 Å². The Labute approximate surface area is 97.9 Å². The van der Waals surface area contributed by atoms with Gasteiger partial charge in [-0.05, 0) is 12.1 Å². The summed E-state index contributed by atoms with van der Waals surface area (Å²) in [6.45, 7) is 0.470. The van der Waals surface area contributed by atoms with E-state index in [-0.39, 0.29) is 5.56 Å². The lowest BCUT2D eigenvalue weighted by Crippen LogP contribution is -2.16. The second-order valence-electron chi connectivity index (χ2n) is 3.32. The largest absolute Gasteiger partial charge is 0.365 e. The number of rotatable bonds is 4. The molecule has 0 aliphatic rings. The summed E-state index contributed by atoms with van der Waals surface area (Å²) in [4.78, 5) is 23.0. The number of aromatic nitrogens is 3. The Kier molecular flexibility index (Phi) is 3.25. The van der Waals surface area contributed by atoms with Crippen LogP contribution in [0.5, 0.6) is 0 Å². The van der Waals surface area contributed by atoms with Crippen LogP contribution in [0.2, 0.25) is 0 Å². The molecule has 86 valence electrons. The van der Waals surface area contributed by atoms with Crippen molar-refractivity contribution in [3.63, 3.8) is 0 Å². The minimum Gasteiger partial charge on any atom is -0.365 e. The van der Waals surface area contributed by atoms with Gasteiger partial charge in [-0.1, -0.05) is 6.07 Å². The van der Waals surface area contributed by atoms with Gasteiger partial charge in [0.15, 0.2) is 0 Å². The first-order valence-electron chi connectivity index (χ1n) is 5.01. The van der Waals surface area contributed by atoms with E-state index in [1.165, 1.54) is 12.5 Å². The smallest absolute Gasteiger partial charge is 0.254 e. The van der Waals surface area contributed by atoms with Crippen molar-refractivity contribution < 1.29 is 4.79 Å². The normalized spacial score (nSPS) is 9.88. The van der Waals surface area contributed by atoms with Gasteiger partial charge in [0, 0.05) is 12.4 Å². The second kappa shape index (κ2) is 5.02. The number of pyridine rings is 1. The number of amides is 1. The molecule has 0 atom stereocenters. The molecule has 3 N–H and O–H groups in total. The molecule has 2 aromatic rings. The Hall–Kier alpha value is -2.50. The number of hydrogen-bond donors (Lipinski definition) is 2. The zero-order chi connectivity index (χ0) is 12.1. The number of carbonyl (C=O) groups excluding carboxylic acids is 1. The second-order valence-corrected chi connectivity index (χ2v) is 3.32. The van der Waals surface area contributed by atoms with Crippen LogP contribution >= 0.6 is 0 Å². The highest BCUT2D eigenvalue weighted by atomic mass is 16.1. The molecule has 0 spiro atoms. The molecule has 0 saturated carbocycles. The molecule has 0 radical (unpaired) electrons. The molecule has 2 aromatic heterocycles. The molecule has 2 heterocycles. The molecular weight excluding hydrogens is 218 g/mol. The van der Waals surface area contributed by atoms with E-state index in [1.807, 2.05) is 18.2 Å². The van der Waals surface area contributed by atoms with Crippen LogP contribution < -0.4 is 11.1 Å². The molecule has 0 aliphatic heterocycles. The van der Waals surface area contributed by atoms with Crippen LogP contribution in [0.25, 0.3) is 0 Å². The third-order valence-corrected chi connectivity index (χ3v) is 2.14. The van der Waals surface area contributed by atoms with Gasteiger partial charge in [-0.3, -0.25) is 9.78 Å². The highest BCUT2D eigenvalue weighted by Crippen LogP contribution is 2.09. The number of primary amides is 1. The zero-order valence-electron chi connectivity index (χ0n) is 9.00. The van der Waals surface area contributed by atoms with Crippen LogP contribution in [-0.2, 0) is 6.54 Å². The number of nitrogens with one attached hydrogen (secondary N) is 1. The third kappa shape index (κ3) is 2.75. The van der Waals surface area contributed by atoms with Crippen LogP contribution in [-0.4, -0.2) is 20.9 Å². The van der Waals surface area contributed by atoms with Crippen LogP contribution in [0.3, 0.4) is 0 Å². The minimum absolute atomic E-state index is 0.267. The van der Waals surface area contributed by atoms with Crippen molar-refractivity contribution in [3.05, 3.63) is 48.2 Å². The Morgan fingerprint density at radius 3 is 2.94 bits per heavy atom. The molecule has 0 aliphatic carbocycles. The topological polar surface area (TPSA) is 93.8 Å². The molecule has 6 nitrogen and oxygen atoms in total. The van der Waals surface area contributed by atoms with Crippen LogP contribution in [0.1, 0.15) is 16.1 Å². The molecule has 2 rings (SSSR count). The van der Waals surface area contributed by atoms with Gasteiger partial charge in [-0.25, -0.2) is 9.97 Å². The number of anilines is 1. The molecular formula is C11H11N5O. The molecule has 17 heavy (non-hydrogen) atoms. The minimum atomic E-state index is -0.561. The monoisotopic (exact) mass is 229 g/mol. The standard InChI is InChI=1S/C11H11N5O/c12-10(17)9-6-13-7-16-11(9)15-5-8-3-1-2-4-14-8/h1-4,6-7H,5H2,(H2,12,17)(H,13,15,16). The van der Waals surface area contributed by atoms with Crippen LogP contribution in [0.15, 0.2) is 36.9 Å². The van der Waals surface area contributed by atoms with E-state index in [1.54, 1.807) is 6.20 Å². The number of nitrogens with zero attached hydrogens (tertiary/aromatic N) is 3. The Balaban J connectivity index is 2.12. The lowest BCUT2D eigenvalue weighted by atomic mass is 10.3. The van der Waals surface area contributed by atoms with Gasteiger partial charge in [0.2, 0.25) is 0 Å². The van der Waals surface area contributed by atoms with E-state index >= 15 is 0 Å². The van der Waals surface area contributed by atoms with Gasteiger partial charge in [-0.2, -0.15) is 0 Å². The van der Waals surface area contributed by atoms with Gasteiger partial charge in [-0.15, -0.1) is 0 Å². The lowest BCUT2D eigenvalue weighted by Gasteiger charge is -2.07. The summed E-state index contributed by atoms with van der Waals surface area (Å²) in [5.74, 6) is -0.146. The van der Waals surface area contributed by atoms with E-state index < -0.39 is 5.91 Å². The van der Waals surface area contributed by atoms with E-state index in [9.17, 15) is 4.79 Å². The number of hydrogen-bond acceptors (Lipinski definition) is 5. The Bertz CT molecular complexity index is 514. The summed E-state index contributed by atoms with van der Waals surface area (Å²) >= 11 is 0. The molecule has 1 amide bonds. The fraction of sp³-hybridized carbons (Fsp3) is 0.0909. The van der Waals surface area contributed by atoms with Crippen molar-refractivity contribution in [3.8, 4) is 0 Å². The molecule has 0 saturated heterocycles. The summed E-state index contributed by atoms with van der Waals surface area (Å²) in [7, 11) is 0. The lowest BCUT2D eigenvalue weighted by molar-refractivity contribution is 0.100. The third-order valence-electron chi connectivity index (χ3n) is 2.14. The average Bonchev–Trinajstić information content (AvgIpc) is 2.38. The Morgan fingerprint density at radius 2 is 2.24 bits per heavy atom. The zero-order valence-corrected chi connectivity index (χ0v) is 9.00. The van der Waals surface area contributed by atoms with E-state index in [2.05, 4.69) is 20.3 Å². The van der Waals surface area contributed by atoms with Crippen molar-refractivity contribution in [2.45, 2.75) is 6.54 Å². The van der Waals surface area contributed by atoms with Crippen molar-refractivity contribution in [2.24, 2.45) is 5.73 Å². The predicted molar refractivity (Wildman–Crippen MR) is 62.1 cm³/mol. The maximum atomic E-state index is 11.1. The fourth-order valence-electron chi connectivity index (χ4n) is 1.33. The van der Waals surface area contributed by atoms with Crippen molar-refractivity contribution in [2.75, 3.05) is 5.32 Å². The molecule has 6 heteroatoms. The first kappa shape index (κ1) is 11.0. The fourth-order valence-corrected chi connectivity index (χ4v) is 1.33. The number of nitrogens with two attached hydrogens (primary N) is 1. The van der Waals surface area contributed by atoms with Gasteiger partial charge < -0.3 is 11.1 Å². The summed E-state index contributed by atoms with van der Waals surface area (Å²) in [5, 5.41) is 3.00.